The van der Waals surface area contributed by atoms with Crippen LogP contribution in [0.4, 0.5) is 0 Å². The number of carboxylic acid groups (broad SMARTS) is 1. The number of hydrogen-bond acceptors (Lipinski definition) is 5. The number of rotatable bonds is 2. The van der Waals surface area contributed by atoms with Crippen LogP contribution in [0.3, 0.4) is 0 Å². The van der Waals surface area contributed by atoms with Crippen LogP contribution in [-0.2, 0) is 14.6 Å². The lowest BCUT2D eigenvalue weighted by Gasteiger charge is -2.02. The van der Waals surface area contributed by atoms with E-state index in [1.165, 1.54) is 12.1 Å². The Labute approximate surface area is 96.8 Å². The molecule has 7 heteroatoms. The Kier molecular flexibility index (Phi) is 2.68. The molecule has 0 spiro atoms. The minimum Gasteiger partial charge on any atom is -0.476 e. The van der Waals surface area contributed by atoms with Crippen LogP contribution < -0.4 is 4.74 Å². The van der Waals surface area contributed by atoms with E-state index >= 15 is 0 Å². The molecule has 0 atom stereocenters. The van der Waals surface area contributed by atoms with Crippen molar-refractivity contribution in [2.75, 3.05) is 0 Å². The Balaban J connectivity index is 2.30. The van der Waals surface area contributed by atoms with Crippen molar-refractivity contribution in [3.63, 3.8) is 0 Å². The standard InChI is InChI=1S/C10H7NO5S/c12-9(13)8-6-17(14,15)10(11-8)16-7-4-2-1-3-5-7/h1-6H,(H,12,13). The zero-order chi connectivity index (χ0) is 12.5. The molecule has 0 aliphatic carbocycles. The first-order valence-electron chi connectivity index (χ1n) is 4.51. The van der Waals surface area contributed by atoms with Crippen molar-refractivity contribution in [3.05, 3.63) is 41.4 Å². The number of carboxylic acids is 1. The fourth-order valence-corrected chi connectivity index (χ4v) is 2.14. The molecule has 88 valence electrons. The molecule has 0 bridgehead atoms. The van der Waals surface area contributed by atoms with E-state index in [1.807, 2.05) is 0 Å². The lowest BCUT2D eigenvalue weighted by atomic mass is 10.3. The van der Waals surface area contributed by atoms with Gasteiger partial charge >= 0.3 is 11.2 Å². The van der Waals surface area contributed by atoms with E-state index in [0.717, 1.165) is 0 Å². The van der Waals surface area contributed by atoms with E-state index in [4.69, 9.17) is 9.84 Å². The molecule has 6 nitrogen and oxygen atoms in total. The van der Waals surface area contributed by atoms with Crippen molar-refractivity contribution >= 4 is 21.0 Å². The van der Waals surface area contributed by atoms with E-state index in [0.29, 0.717) is 5.41 Å². The monoisotopic (exact) mass is 253 g/mol. The zero-order valence-corrected chi connectivity index (χ0v) is 9.22. The fourth-order valence-electron chi connectivity index (χ4n) is 1.15. The highest BCUT2D eigenvalue weighted by Crippen LogP contribution is 2.18. The molecule has 1 aromatic rings. The molecule has 0 amide bonds. The second kappa shape index (κ2) is 4.02. The third-order valence-corrected chi connectivity index (χ3v) is 3.08. The van der Waals surface area contributed by atoms with Crippen LogP contribution in [0.15, 0.2) is 46.4 Å². The van der Waals surface area contributed by atoms with Gasteiger partial charge in [0.15, 0.2) is 5.70 Å². The Morgan fingerprint density at radius 1 is 1.24 bits per heavy atom. The van der Waals surface area contributed by atoms with Gasteiger partial charge in [0.2, 0.25) is 0 Å². The zero-order valence-electron chi connectivity index (χ0n) is 8.40. The maximum absolute atomic E-state index is 11.5. The van der Waals surface area contributed by atoms with Crippen molar-refractivity contribution in [1.82, 2.24) is 0 Å². The summed E-state index contributed by atoms with van der Waals surface area (Å²) in [5.41, 5.74) is -0.559. The molecular formula is C10H7NO5S. The predicted octanol–water partition coefficient (Wildman–Crippen LogP) is 0.776. The van der Waals surface area contributed by atoms with E-state index in [-0.39, 0.29) is 5.75 Å². The molecule has 0 aromatic heterocycles. The highest BCUT2D eigenvalue weighted by Gasteiger charge is 2.30. The molecule has 17 heavy (non-hydrogen) atoms. The van der Waals surface area contributed by atoms with Crippen LogP contribution in [0.25, 0.3) is 0 Å². The van der Waals surface area contributed by atoms with Crippen LogP contribution >= 0.6 is 0 Å². The summed E-state index contributed by atoms with van der Waals surface area (Å²) in [5, 5.41) is 8.57. The van der Waals surface area contributed by atoms with Gasteiger partial charge in [-0.15, -0.1) is 0 Å². The number of sulfone groups is 1. The number of aliphatic imine (C=N–C) groups is 1. The molecule has 0 fully saturated rings. The van der Waals surface area contributed by atoms with Gasteiger partial charge in [0.05, 0.1) is 5.41 Å². The van der Waals surface area contributed by atoms with Gasteiger partial charge in [0, 0.05) is 0 Å². The van der Waals surface area contributed by atoms with Gasteiger partial charge in [-0.25, -0.2) is 13.2 Å². The fraction of sp³-hybridized carbons (Fsp3) is 0. The van der Waals surface area contributed by atoms with Crippen molar-refractivity contribution in [2.24, 2.45) is 4.99 Å². The van der Waals surface area contributed by atoms with Gasteiger partial charge in [0.1, 0.15) is 5.75 Å². The summed E-state index contributed by atoms with van der Waals surface area (Å²) < 4.78 is 28.0. The molecule has 2 rings (SSSR count). The van der Waals surface area contributed by atoms with Crippen molar-refractivity contribution in [2.45, 2.75) is 0 Å². The molecule has 1 aromatic carbocycles. The van der Waals surface area contributed by atoms with E-state index < -0.39 is 26.7 Å². The third kappa shape index (κ3) is 2.34. The molecule has 0 saturated carbocycles. The summed E-state index contributed by atoms with van der Waals surface area (Å²) in [4.78, 5) is 14.0. The largest absolute Gasteiger partial charge is 0.476 e. The first-order chi connectivity index (χ1) is 7.99. The highest BCUT2D eigenvalue weighted by atomic mass is 32.2. The van der Waals surface area contributed by atoms with Gasteiger partial charge in [-0.3, -0.25) is 0 Å². The van der Waals surface area contributed by atoms with E-state index in [2.05, 4.69) is 4.99 Å². The van der Waals surface area contributed by atoms with Crippen molar-refractivity contribution in [3.8, 4) is 5.75 Å². The summed E-state index contributed by atoms with van der Waals surface area (Å²) in [7, 11) is -3.89. The van der Waals surface area contributed by atoms with Crippen LogP contribution in [0.2, 0.25) is 0 Å². The SMILES string of the molecule is O=C(O)C1=CS(=O)(=O)C(Oc2ccccc2)=N1. The minimum absolute atomic E-state index is 0.273. The molecule has 0 radical (unpaired) electrons. The normalized spacial score (nSPS) is 17.2. The number of benzene rings is 1. The molecule has 1 aliphatic rings. The Hall–Kier alpha value is -2.15. The molecule has 0 saturated heterocycles. The average molecular weight is 253 g/mol. The van der Waals surface area contributed by atoms with Crippen LogP contribution in [0.5, 0.6) is 5.75 Å². The predicted molar refractivity (Wildman–Crippen MR) is 59.1 cm³/mol. The number of nitrogens with zero attached hydrogens (tertiary/aromatic N) is 1. The van der Waals surface area contributed by atoms with Gasteiger partial charge in [-0.1, -0.05) is 18.2 Å². The Bertz CT molecular complexity index is 615. The molecule has 1 heterocycles. The first kappa shape index (κ1) is 11.3. The Morgan fingerprint density at radius 2 is 1.88 bits per heavy atom. The molecule has 1 N–H and O–H groups in total. The maximum atomic E-state index is 11.5. The van der Waals surface area contributed by atoms with Crippen LogP contribution in [0, 0.1) is 0 Å². The number of carbonyl (C=O) groups is 1. The third-order valence-electron chi connectivity index (χ3n) is 1.89. The summed E-state index contributed by atoms with van der Waals surface area (Å²) in [6.07, 6.45) is 0. The summed E-state index contributed by atoms with van der Waals surface area (Å²) >= 11 is 0. The Morgan fingerprint density at radius 3 is 2.41 bits per heavy atom. The first-order valence-corrected chi connectivity index (χ1v) is 6.05. The lowest BCUT2D eigenvalue weighted by molar-refractivity contribution is -0.132. The van der Waals surface area contributed by atoms with Crippen LogP contribution in [0.1, 0.15) is 0 Å². The number of para-hydroxylation sites is 1. The second-order valence-corrected chi connectivity index (χ2v) is 4.82. The summed E-state index contributed by atoms with van der Waals surface area (Å²) in [5.74, 6) is -1.14. The topological polar surface area (TPSA) is 93.0 Å². The van der Waals surface area contributed by atoms with E-state index in [1.54, 1.807) is 18.2 Å². The number of ether oxygens (including phenoxy) is 1. The average Bonchev–Trinajstić information content (AvgIpc) is 2.56. The molecular weight excluding hydrogens is 246 g/mol. The summed E-state index contributed by atoms with van der Waals surface area (Å²) in [6.45, 7) is 0. The number of hydrogen-bond donors (Lipinski definition) is 1. The molecule has 0 unspecified atom stereocenters. The second-order valence-electron chi connectivity index (χ2n) is 3.15. The maximum Gasteiger partial charge on any atom is 0.355 e. The van der Waals surface area contributed by atoms with Gasteiger partial charge in [-0.05, 0) is 12.1 Å². The number of aliphatic carboxylic acids is 1. The molecule has 1 aliphatic heterocycles. The van der Waals surface area contributed by atoms with E-state index in [9.17, 15) is 13.2 Å². The van der Waals surface area contributed by atoms with Gasteiger partial charge < -0.3 is 9.84 Å². The quantitative estimate of drug-likeness (QED) is 0.840. The summed E-state index contributed by atoms with van der Waals surface area (Å²) in [6, 6.07) is 8.12. The van der Waals surface area contributed by atoms with Crippen molar-refractivity contribution in [1.29, 1.82) is 0 Å². The highest BCUT2D eigenvalue weighted by molar-refractivity contribution is 8.08. The minimum atomic E-state index is -3.89. The van der Waals surface area contributed by atoms with Crippen molar-refractivity contribution < 1.29 is 23.1 Å². The van der Waals surface area contributed by atoms with Gasteiger partial charge in [-0.2, -0.15) is 4.99 Å². The smallest absolute Gasteiger partial charge is 0.355 e. The van der Waals surface area contributed by atoms with Crippen LogP contribution in [-0.4, -0.2) is 24.7 Å². The lowest BCUT2D eigenvalue weighted by Crippen LogP contribution is -2.15. The van der Waals surface area contributed by atoms with Gasteiger partial charge in [0.25, 0.3) is 9.84 Å².